The highest BCUT2D eigenvalue weighted by Crippen LogP contribution is 2.61. The van der Waals surface area contributed by atoms with Crippen molar-refractivity contribution in [3.05, 3.63) is 33.0 Å². The van der Waals surface area contributed by atoms with Crippen molar-refractivity contribution in [3.8, 4) is 0 Å². The number of hydrogen-bond donors (Lipinski definition) is 0. The van der Waals surface area contributed by atoms with E-state index in [1.807, 2.05) is 0 Å². The summed E-state index contributed by atoms with van der Waals surface area (Å²) in [6.45, 7) is 0.426. The standard InChI is InChI=1S/C16H17BrClFO/c17-13-4-14(18)12(3-15(13)19)8-20-16-5-9-1-10(6-16)11(2-9)7-16/h3-4,9-11H,1-2,5-8H2. The Kier molecular flexibility index (Phi) is 3.17. The van der Waals surface area contributed by atoms with Crippen LogP contribution in [0.4, 0.5) is 4.39 Å². The number of ether oxygens (including phenoxy) is 1. The summed E-state index contributed by atoms with van der Waals surface area (Å²) in [6.07, 6.45) is 6.40. The first-order valence-electron chi connectivity index (χ1n) is 7.32. The monoisotopic (exact) mass is 358 g/mol. The Hall–Kier alpha value is -0.120. The zero-order valence-corrected chi connectivity index (χ0v) is 13.5. The third-order valence-electron chi connectivity index (χ3n) is 5.49. The molecule has 4 bridgehead atoms. The van der Waals surface area contributed by atoms with E-state index >= 15 is 0 Å². The Balaban J connectivity index is 1.50. The lowest BCUT2D eigenvalue weighted by Crippen LogP contribution is -2.36. The fourth-order valence-corrected chi connectivity index (χ4v) is 5.51. The molecule has 0 heterocycles. The van der Waals surface area contributed by atoms with Crippen LogP contribution in [0.5, 0.6) is 0 Å². The Bertz CT molecular complexity index is 542. The van der Waals surface area contributed by atoms with Crippen LogP contribution in [-0.4, -0.2) is 5.60 Å². The first-order valence-corrected chi connectivity index (χ1v) is 8.49. The van der Waals surface area contributed by atoms with Crippen molar-refractivity contribution < 1.29 is 9.13 Å². The third kappa shape index (κ3) is 2.13. The maximum atomic E-state index is 13.6. The van der Waals surface area contributed by atoms with Crippen LogP contribution in [0.15, 0.2) is 16.6 Å². The van der Waals surface area contributed by atoms with E-state index in [0.29, 0.717) is 16.1 Å². The van der Waals surface area contributed by atoms with Gasteiger partial charge in [-0.1, -0.05) is 11.6 Å². The molecule has 2 unspecified atom stereocenters. The minimum absolute atomic E-state index is 0.0589. The zero-order valence-electron chi connectivity index (χ0n) is 11.2. The van der Waals surface area contributed by atoms with Gasteiger partial charge in [-0.05, 0) is 83.5 Å². The molecule has 1 nitrogen and oxygen atoms in total. The summed E-state index contributed by atoms with van der Waals surface area (Å²) >= 11 is 9.33. The van der Waals surface area contributed by atoms with Gasteiger partial charge in [-0.25, -0.2) is 4.39 Å². The van der Waals surface area contributed by atoms with Gasteiger partial charge in [-0.3, -0.25) is 0 Å². The van der Waals surface area contributed by atoms with Crippen molar-refractivity contribution in [2.75, 3.05) is 0 Å². The number of hydrogen-bond acceptors (Lipinski definition) is 1. The normalized spacial score (nSPS) is 37.9. The molecule has 4 saturated carbocycles. The molecular weight excluding hydrogens is 343 g/mol. The van der Waals surface area contributed by atoms with E-state index in [9.17, 15) is 4.39 Å². The predicted octanol–water partition coefficient (Wildman–Crippen LogP) is 5.34. The molecule has 4 fully saturated rings. The lowest BCUT2D eigenvalue weighted by Gasteiger charge is -2.38. The molecule has 2 atom stereocenters. The van der Waals surface area contributed by atoms with Crippen LogP contribution in [-0.2, 0) is 11.3 Å². The molecule has 5 rings (SSSR count). The zero-order chi connectivity index (χ0) is 13.9. The maximum absolute atomic E-state index is 13.6. The Labute approximate surface area is 132 Å². The first-order chi connectivity index (χ1) is 9.55. The number of benzene rings is 1. The second-order valence-electron chi connectivity index (χ2n) is 6.80. The average molecular weight is 360 g/mol. The van der Waals surface area contributed by atoms with Gasteiger partial charge in [0, 0.05) is 5.02 Å². The topological polar surface area (TPSA) is 9.23 Å². The van der Waals surface area contributed by atoms with E-state index in [0.717, 1.165) is 23.3 Å². The van der Waals surface area contributed by atoms with Crippen molar-refractivity contribution in [3.63, 3.8) is 0 Å². The van der Waals surface area contributed by atoms with Crippen LogP contribution in [0.1, 0.15) is 37.7 Å². The Morgan fingerprint density at radius 1 is 1.25 bits per heavy atom. The van der Waals surface area contributed by atoms with Gasteiger partial charge in [0.1, 0.15) is 5.82 Å². The van der Waals surface area contributed by atoms with Gasteiger partial charge in [-0.15, -0.1) is 0 Å². The molecule has 4 aliphatic rings. The highest BCUT2D eigenvalue weighted by Gasteiger charge is 2.56. The van der Waals surface area contributed by atoms with Crippen molar-refractivity contribution in [1.82, 2.24) is 0 Å². The summed E-state index contributed by atoms with van der Waals surface area (Å²) in [6, 6.07) is 3.10. The van der Waals surface area contributed by atoms with Gasteiger partial charge in [0.05, 0.1) is 16.7 Å². The van der Waals surface area contributed by atoms with Crippen LogP contribution in [0.3, 0.4) is 0 Å². The van der Waals surface area contributed by atoms with Crippen LogP contribution in [0.2, 0.25) is 5.02 Å². The number of rotatable bonds is 3. The molecule has 0 aromatic heterocycles. The van der Waals surface area contributed by atoms with Crippen LogP contribution in [0.25, 0.3) is 0 Å². The van der Waals surface area contributed by atoms with E-state index in [1.165, 1.54) is 38.2 Å². The smallest absolute Gasteiger partial charge is 0.137 e. The van der Waals surface area contributed by atoms with Gasteiger partial charge in [-0.2, -0.15) is 0 Å². The van der Waals surface area contributed by atoms with E-state index < -0.39 is 0 Å². The summed E-state index contributed by atoms with van der Waals surface area (Å²) < 4.78 is 20.3. The Morgan fingerprint density at radius 3 is 2.60 bits per heavy atom. The summed E-state index contributed by atoms with van der Waals surface area (Å²) in [5.74, 6) is 2.35. The molecule has 1 aromatic rings. The van der Waals surface area contributed by atoms with Crippen molar-refractivity contribution in [1.29, 1.82) is 0 Å². The molecule has 108 valence electrons. The molecule has 0 saturated heterocycles. The lowest BCUT2D eigenvalue weighted by atomic mass is 9.78. The summed E-state index contributed by atoms with van der Waals surface area (Å²) in [5.41, 5.74) is 0.813. The molecule has 0 aliphatic heterocycles. The lowest BCUT2D eigenvalue weighted by molar-refractivity contribution is -0.0891. The van der Waals surface area contributed by atoms with E-state index in [2.05, 4.69) is 15.9 Å². The van der Waals surface area contributed by atoms with Crippen molar-refractivity contribution in [2.24, 2.45) is 17.8 Å². The fraction of sp³-hybridized carbons (Fsp3) is 0.625. The molecule has 0 radical (unpaired) electrons. The third-order valence-corrected chi connectivity index (χ3v) is 6.45. The molecule has 4 heteroatoms. The maximum Gasteiger partial charge on any atom is 0.137 e. The second kappa shape index (κ2) is 4.69. The summed E-state index contributed by atoms with van der Waals surface area (Å²) in [5, 5.41) is 0.574. The van der Waals surface area contributed by atoms with Crippen LogP contribution < -0.4 is 0 Å². The molecule has 0 amide bonds. The number of halogens is 3. The largest absolute Gasteiger partial charge is 0.370 e. The SMILES string of the molecule is Fc1cc(COC23CC4CC(C2)C(C4)C3)c(Cl)cc1Br. The first kappa shape index (κ1) is 13.5. The average Bonchev–Trinajstić information content (AvgIpc) is 2.80. The molecule has 0 spiro atoms. The highest BCUT2D eigenvalue weighted by atomic mass is 79.9. The van der Waals surface area contributed by atoms with E-state index in [4.69, 9.17) is 16.3 Å². The van der Waals surface area contributed by atoms with Crippen LogP contribution in [0, 0.1) is 23.6 Å². The van der Waals surface area contributed by atoms with Crippen molar-refractivity contribution in [2.45, 2.75) is 44.3 Å². The summed E-state index contributed by atoms with van der Waals surface area (Å²) in [4.78, 5) is 0. The van der Waals surface area contributed by atoms with Gasteiger partial charge < -0.3 is 4.74 Å². The molecule has 4 aliphatic carbocycles. The van der Waals surface area contributed by atoms with Crippen LogP contribution >= 0.6 is 27.5 Å². The quantitative estimate of drug-likeness (QED) is 0.662. The van der Waals surface area contributed by atoms with Crippen molar-refractivity contribution >= 4 is 27.5 Å². The molecule has 1 aromatic carbocycles. The molecule has 20 heavy (non-hydrogen) atoms. The predicted molar refractivity (Wildman–Crippen MR) is 80.2 cm³/mol. The van der Waals surface area contributed by atoms with E-state index in [1.54, 1.807) is 6.07 Å². The minimum atomic E-state index is -0.277. The van der Waals surface area contributed by atoms with Gasteiger partial charge in [0.2, 0.25) is 0 Å². The minimum Gasteiger partial charge on any atom is -0.370 e. The van der Waals surface area contributed by atoms with Gasteiger partial charge in [0.25, 0.3) is 0 Å². The Morgan fingerprint density at radius 2 is 1.95 bits per heavy atom. The van der Waals surface area contributed by atoms with E-state index in [-0.39, 0.29) is 11.4 Å². The highest BCUT2D eigenvalue weighted by molar-refractivity contribution is 9.10. The summed E-state index contributed by atoms with van der Waals surface area (Å²) in [7, 11) is 0. The fourth-order valence-electron chi connectivity index (χ4n) is 4.82. The molecular formula is C16H17BrClFO. The van der Waals surface area contributed by atoms with Gasteiger partial charge in [0.15, 0.2) is 0 Å². The molecule has 0 N–H and O–H groups in total. The van der Waals surface area contributed by atoms with Gasteiger partial charge >= 0.3 is 0 Å². The second-order valence-corrected chi connectivity index (χ2v) is 8.06.